The summed E-state index contributed by atoms with van der Waals surface area (Å²) in [4.78, 5) is 10.6. The molecule has 0 saturated carbocycles. The fraction of sp³-hybridized carbons (Fsp3) is 0.444. The summed E-state index contributed by atoms with van der Waals surface area (Å²) in [5, 5.41) is 18.2. The Bertz CT molecular complexity index is 200. The number of hydrogen-bond donors (Lipinski definition) is 2. The van der Waals surface area contributed by atoms with E-state index in [0.29, 0.717) is 0 Å². The molecule has 0 radical (unpaired) electrons. The molecule has 0 fully saturated rings. The first-order valence-corrected chi connectivity index (χ1v) is 3.84. The zero-order valence-corrected chi connectivity index (χ0v) is 7.40. The Labute approximate surface area is 77.1 Å². The van der Waals surface area contributed by atoms with E-state index < -0.39 is 11.6 Å². The van der Waals surface area contributed by atoms with Gasteiger partial charge in [-0.2, -0.15) is 0 Å². The highest BCUT2D eigenvalue weighted by Crippen LogP contribution is 2.11. The Morgan fingerprint density at radius 3 is 2.54 bits per heavy atom. The zero-order chi connectivity index (χ0) is 10.3. The third-order valence-electron chi connectivity index (χ3n) is 1.56. The number of aliphatic hydroxyl groups excluding tert-OH is 1. The molecule has 0 aliphatic rings. The molecule has 0 aromatic heterocycles. The second-order valence-electron chi connectivity index (χ2n) is 2.59. The number of ether oxygens (including phenoxy) is 1. The van der Waals surface area contributed by atoms with Gasteiger partial charge in [0.25, 0.3) is 0 Å². The molecule has 2 N–H and O–H groups in total. The van der Waals surface area contributed by atoms with Gasteiger partial charge in [0.2, 0.25) is 0 Å². The van der Waals surface area contributed by atoms with Crippen molar-refractivity contribution in [3.8, 4) is 0 Å². The molecule has 13 heavy (non-hydrogen) atoms. The van der Waals surface area contributed by atoms with Crippen LogP contribution in [-0.4, -0.2) is 35.0 Å². The van der Waals surface area contributed by atoms with E-state index in [2.05, 4.69) is 17.9 Å². The lowest BCUT2D eigenvalue weighted by molar-refractivity contribution is -0.143. The number of esters is 1. The molecule has 0 aromatic carbocycles. The van der Waals surface area contributed by atoms with Gasteiger partial charge in [-0.15, -0.1) is 6.58 Å². The van der Waals surface area contributed by atoms with E-state index in [-0.39, 0.29) is 19.6 Å². The van der Waals surface area contributed by atoms with Crippen LogP contribution in [0.5, 0.6) is 0 Å². The summed E-state index contributed by atoms with van der Waals surface area (Å²) in [6, 6.07) is 0. The molecule has 4 nitrogen and oxygen atoms in total. The highest BCUT2D eigenvalue weighted by molar-refractivity contribution is 5.81. The summed E-state index contributed by atoms with van der Waals surface area (Å²) in [6.07, 6.45) is 2.32. The minimum Gasteiger partial charge on any atom is -0.459 e. The average molecular weight is 186 g/mol. The lowest BCUT2D eigenvalue weighted by Gasteiger charge is -2.22. The van der Waals surface area contributed by atoms with Crippen LogP contribution >= 0.6 is 0 Å². The topological polar surface area (TPSA) is 66.8 Å². The van der Waals surface area contributed by atoms with Gasteiger partial charge >= 0.3 is 5.97 Å². The number of rotatable bonds is 6. The molecule has 0 rings (SSSR count). The zero-order valence-electron chi connectivity index (χ0n) is 7.40. The third kappa shape index (κ3) is 4.45. The first-order chi connectivity index (χ1) is 6.08. The van der Waals surface area contributed by atoms with Gasteiger partial charge in [-0.1, -0.05) is 12.7 Å². The number of hydrogen-bond acceptors (Lipinski definition) is 4. The molecule has 0 spiro atoms. The summed E-state index contributed by atoms with van der Waals surface area (Å²) < 4.78 is 4.61. The second kappa shape index (κ2) is 5.50. The summed E-state index contributed by atoms with van der Waals surface area (Å²) in [6.45, 7) is 6.16. The lowest BCUT2D eigenvalue weighted by atomic mass is 10.0. The summed E-state index contributed by atoms with van der Waals surface area (Å²) in [7, 11) is 0. The van der Waals surface area contributed by atoms with Gasteiger partial charge in [-0.25, -0.2) is 4.79 Å². The maximum Gasteiger partial charge on any atom is 0.330 e. The summed E-state index contributed by atoms with van der Waals surface area (Å²) in [5.41, 5.74) is -1.35. The Balaban J connectivity index is 4.03. The van der Waals surface area contributed by atoms with Crippen molar-refractivity contribution < 1.29 is 19.7 Å². The monoisotopic (exact) mass is 186 g/mol. The Hall–Kier alpha value is -1.13. The normalized spacial score (nSPS) is 14.3. The Morgan fingerprint density at radius 2 is 2.15 bits per heavy atom. The van der Waals surface area contributed by atoms with Crippen molar-refractivity contribution in [1.82, 2.24) is 0 Å². The van der Waals surface area contributed by atoms with Crippen LogP contribution in [-0.2, 0) is 9.53 Å². The molecule has 4 heteroatoms. The van der Waals surface area contributed by atoms with Crippen molar-refractivity contribution in [3.63, 3.8) is 0 Å². The number of aliphatic hydroxyl groups is 2. The van der Waals surface area contributed by atoms with E-state index in [1.54, 1.807) is 0 Å². The van der Waals surface area contributed by atoms with Crippen LogP contribution in [0.3, 0.4) is 0 Å². The molecule has 74 valence electrons. The van der Waals surface area contributed by atoms with Gasteiger partial charge in [0, 0.05) is 19.1 Å². The van der Waals surface area contributed by atoms with Gasteiger partial charge in [0.1, 0.15) is 12.2 Å². The number of carbonyl (C=O) groups excluding carboxylic acids is 1. The Kier molecular flexibility index (Phi) is 5.03. The van der Waals surface area contributed by atoms with Crippen LogP contribution in [0.4, 0.5) is 0 Å². The molecule has 1 atom stereocenters. The fourth-order valence-electron chi connectivity index (χ4n) is 0.682. The molecule has 0 aromatic rings. The standard InChI is InChI=1S/C9H14O4/c1-3-8(11)13-7-9(12,4-2)5-6-10/h3-4,10,12H,1-2,5-7H2. The van der Waals surface area contributed by atoms with E-state index in [1.165, 1.54) is 6.08 Å². The Morgan fingerprint density at radius 1 is 1.54 bits per heavy atom. The van der Waals surface area contributed by atoms with Crippen LogP contribution in [0.1, 0.15) is 6.42 Å². The van der Waals surface area contributed by atoms with E-state index in [9.17, 15) is 9.90 Å². The number of carbonyl (C=O) groups is 1. The van der Waals surface area contributed by atoms with Crippen LogP contribution in [0.25, 0.3) is 0 Å². The van der Waals surface area contributed by atoms with Crippen molar-refractivity contribution in [2.24, 2.45) is 0 Å². The van der Waals surface area contributed by atoms with E-state index in [1.807, 2.05) is 0 Å². The smallest absolute Gasteiger partial charge is 0.330 e. The molecular weight excluding hydrogens is 172 g/mol. The van der Waals surface area contributed by atoms with Gasteiger partial charge < -0.3 is 14.9 Å². The molecule has 1 unspecified atom stereocenters. The van der Waals surface area contributed by atoms with Crippen LogP contribution in [0.15, 0.2) is 25.3 Å². The highest BCUT2D eigenvalue weighted by Gasteiger charge is 2.23. The van der Waals surface area contributed by atoms with Gasteiger partial charge in [0.05, 0.1) is 0 Å². The first-order valence-electron chi connectivity index (χ1n) is 3.84. The maximum absolute atomic E-state index is 10.6. The molecule has 0 amide bonds. The largest absolute Gasteiger partial charge is 0.459 e. The van der Waals surface area contributed by atoms with Crippen molar-refractivity contribution >= 4 is 5.97 Å². The quantitative estimate of drug-likeness (QED) is 0.348. The van der Waals surface area contributed by atoms with Crippen molar-refractivity contribution in [3.05, 3.63) is 25.3 Å². The fourth-order valence-corrected chi connectivity index (χ4v) is 0.682. The van der Waals surface area contributed by atoms with Gasteiger partial charge in [-0.05, 0) is 0 Å². The molecule has 0 saturated heterocycles. The molecular formula is C9H14O4. The molecule has 0 bridgehead atoms. The van der Waals surface area contributed by atoms with E-state index in [0.717, 1.165) is 6.08 Å². The van der Waals surface area contributed by atoms with Crippen LogP contribution in [0.2, 0.25) is 0 Å². The van der Waals surface area contributed by atoms with Crippen LogP contribution < -0.4 is 0 Å². The van der Waals surface area contributed by atoms with Crippen LogP contribution in [0, 0.1) is 0 Å². The highest BCUT2D eigenvalue weighted by atomic mass is 16.5. The SMILES string of the molecule is C=CC(=O)OCC(O)(C=C)CCO. The van der Waals surface area contributed by atoms with Gasteiger partial charge in [0.15, 0.2) is 0 Å². The molecule has 0 heterocycles. The second-order valence-corrected chi connectivity index (χ2v) is 2.59. The first kappa shape index (κ1) is 11.9. The minimum atomic E-state index is -1.35. The van der Waals surface area contributed by atoms with E-state index >= 15 is 0 Å². The molecule has 0 aliphatic carbocycles. The van der Waals surface area contributed by atoms with Gasteiger partial charge in [-0.3, -0.25) is 0 Å². The predicted octanol–water partition coefficient (Wildman–Crippen LogP) is 0.0151. The minimum absolute atomic E-state index is 0.0842. The lowest BCUT2D eigenvalue weighted by Crippen LogP contribution is -2.34. The molecule has 0 aliphatic heterocycles. The van der Waals surface area contributed by atoms with E-state index in [4.69, 9.17) is 5.11 Å². The summed E-state index contributed by atoms with van der Waals surface area (Å²) in [5.74, 6) is -0.613. The average Bonchev–Trinajstić information content (AvgIpc) is 2.15. The van der Waals surface area contributed by atoms with Crippen molar-refractivity contribution in [2.45, 2.75) is 12.0 Å². The maximum atomic E-state index is 10.6. The van der Waals surface area contributed by atoms with Crippen molar-refractivity contribution in [2.75, 3.05) is 13.2 Å². The van der Waals surface area contributed by atoms with Crippen molar-refractivity contribution in [1.29, 1.82) is 0 Å². The summed E-state index contributed by atoms with van der Waals surface area (Å²) >= 11 is 0. The third-order valence-corrected chi connectivity index (χ3v) is 1.56. The predicted molar refractivity (Wildman–Crippen MR) is 48.0 cm³/mol.